The molecular formula is C6H4Cl2F3N. The molecule has 0 radical (unpaired) electrons. The van der Waals surface area contributed by atoms with Gasteiger partial charge in [-0.2, -0.15) is 13.2 Å². The quantitative estimate of drug-likeness (QED) is 0.486. The first kappa shape index (κ1) is 9.74. The summed E-state index contributed by atoms with van der Waals surface area (Å²) in [4.78, 5) is 0. The van der Waals surface area contributed by atoms with Gasteiger partial charge in [0.2, 0.25) is 4.46 Å². The van der Waals surface area contributed by atoms with Gasteiger partial charge in [-0.1, -0.05) is 23.2 Å². The van der Waals surface area contributed by atoms with Gasteiger partial charge in [0.05, 0.1) is 5.57 Å². The summed E-state index contributed by atoms with van der Waals surface area (Å²) in [5.41, 5.74) is -0.806. The minimum absolute atomic E-state index is 0.736. The molecule has 68 valence electrons. The third kappa shape index (κ3) is 2.32. The molecule has 0 saturated carbocycles. The molecule has 1 nitrogen and oxygen atoms in total. The highest BCUT2D eigenvalue weighted by molar-refractivity contribution is 6.49. The van der Waals surface area contributed by atoms with Crippen LogP contribution in [-0.4, -0.2) is 10.6 Å². The molecule has 0 aromatic carbocycles. The van der Waals surface area contributed by atoms with E-state index in [4.69, 9.17) is 23.2 Å². The van der Waals surface area contributed by atoms with Crippen LogP contribution in [0, 0.1) is 0 Å². The van der Waals surface area contributed by atoms with Crippen LogP contribution in [0.5, 0.6) is 0 Å². The summed E-state index contributed by atoms with van der Waals surface area (Å²) in [6.07, 6.45) is -1.77. The Morgan fingerprint density at radius 1 is 1.33 bits per heavy atom. The molecule has 0 atom stereocenters. The molecule has 1 N–H and O–H groups in total. The number of allylic oxidation sites excluding steroid dienone is 2. The van der Waals surface area contributed by atoms with E-state index in [0.29, 0.717) is 0 Å². The predicted molar refractivity (Wildman–Crippen MR) is 40.9 cm³/mol. The van der Waals surface area contributed by atoms with Crippen molar-refractivity contribution < 1.29 is 13.2 Å². The summed E-state index contributed by atoms with van der Waals surface area (Å²) in [5, 5.41) is 2.18. The fraction of sp³-hybridized carbons (Fsp3) is 0.333. The monoisotopic (exact) mass is 217 g/mol. The lowest BCUT2D eigenvalue weighted by molar-refractivity contribution is -0.0888. The summed E-state index contributed by atoms with van der Waals surface area (Å²) in [5.74, 6) is 0. The van der Waals surface area contributed by atoms with Gasteiger partial charge in [0.25, 0.3) is 0 Å². The standard InChI is InChI=1S/C6H4Cl2F3N/c7-5(8)2-1-4(3-12-5)6(9,10)11/h1-3,12H. The summed E-state index contributed by atoms with van der Waals surface area (Å²) in [6, 6.07) is 0. The molecule has 0 spiro atoms. The Kier molecular flexibility index (Phi) is 2.31. The molecular weight excluding hydrogens is 214 g/mol. The molecule has 1 heterocycles. The normalized spacial score (nSPS) is 21.6. The smallest absolute Gasteiger partial charge is 0.357 e. The van der Waals surface area contributed by atoms with E-state index in [2.05, 4.69) is 5.32 Å². The maximum atomic E-state index is 11.9. The lowest BCUT2D eigenvalue weighted by Crippen LogP contribution is -2.31. The van der Waals surface area contributed by atoms with Gasteiger partial charge in [0.1, 0.15) is 0 Å². The third-order valence-corrected chi connectivity index (χ3v) is 1.69. The summed E-state index contributed by atoms with van der Waals surface area (Å²) in [6.45, 7) is 0. The van der Waals surface area contributed by atoms with E-state index in [1.807, 2.05) is 0 Å². The SMILES string of the molecule is FC(F)(F)C1=CNC(Cl)(Cl)C=C1. The predicted octanol–water partition coefficient (Wildman–Crippen LogP) is 2.72. The van der Waals surface area contributed by atoms with Crippen molar-refractivity contribution in [3.63, 3.8) is 0 Å². The molecule has 1 aliphatic rings. The van der Waals surface area contributed by atoms with E-state index in [1.54, 1.807) is 0 Å². The first-order valence-electron chi connectivity index (χ1n) is 2.93. The Bertz CT molecular complexity index is 242. The van der Waals surface area contributed by atoms with Crippen molar-refractivity contribution in [3.05, 3.63) is 23.9 Å². The molecule has 0 aliphatic carbocycles. The van der Waals surface area contributed by atoms with Crippen LogP contribution < -0.4 is 5.32 Å². The van der Waals surface area contributed by atoms with Gasteiger partial charge in [-0.15, -0.1) is 0 Å². The second-order valence-corrected chi connectivity index (χ2v) is 3.58. The highest BCUT2D eigenvalue weighted by Crippen LogP contribution is 2.31. The van der Waals surface area contributed by atoms with Crippen molar-refractivity contribution in [3.8, 4) is 0 Å². The molecule has 0 unspecified atom stereocenters. The van der Waals surface area contributed by atoms with Crippen molar-refractivity contribution >= 4 is 23.2 Å². The summed E-state index contributed by atoms with van der Waals surface area (Å²) in [7, 11) is 0. The Labute approximate surface area is 76.8 Å². The number of rotatable bonds is 0. The summed E-state index contributed by atoms with van der Waals surface area (Å²) < 4.78 is 34.4. The average Bonchev–Trinajstić information content (AvgIpc) is 1.83. The van der Waals surface area contributed by atoms with Crippen LogP contribution in [0.25, 0.3) is 0 Å². The molecule has 0 saturated heterocycles. The number of nitrogens with one attached hydrogen (secondary N) is 1. The van der Waals surface area contributed by atoms with Gasteiger partial charge in [0, 0.05) is 6.20 Å². The van der Waals surface area contributed by atoms with Crippen molar-refractivity contribution in [2.24, 2.45) is 0 Å². The zero-order valence-corrected chi connectivity index (χ0v) is 7.13. The molecule has 6 heteroatoms. The maximum Gasteiger partial charge on any atom is 0.417 e. The highest BCUT2D eigenvalue weighted by atomic mass is 35.5. The zero-order valence-electron chi connectivity index (χ0n) is 5.62. The van der Waals surface area contributed by atoms with Gasteiger partial charge in [-0.3, -0.25) is 0 Å². The lowest BCUT2D eigenvalue weighted by Gasteiger charge is -2.21. The Morgan fingerprint density at radius 2 is 1.92 bits per heavy atom. The van der Waals surface area contributed by atoms with E-state index in [9.17, 15) is 13.2 Å². The van der Waals surface area contributed by atoms with Gasteiger partial charge in [-0.25, -0.2) is 0 Å². The molecule has 1 aliphatic heterocycles. The van der Waals surface area contributed by atoms with Crippen LogP contribution in [0.4, 0.5) is 13.2 Å². The molecule has 0 fully saturated rings. The van der Waals surface area contributed by atoms with Gasteiger partial charge >= 0.3 is 6.18 Å². The van der Waals surface area contributed by atoms with Crippen LogP contribution in [0.2, 0.25) is 0 Å². The Balaban J connectivity index is 2.78. The van der Waals surface area contributed by atoms with Crippen molar-refractivity contribution in [1.29, 1.82) is 0 Å². The van der Waals surface area contributed by atoms with Crippen LogP contribution >= 0.6 is 23.2 Å². The zero-order chi connectivity index (χ0) is 9.41. The number of hydrogen-bond acceptors (Lipinski definition) is 1. The molecule has 0 amide bonds. The number of halogens is 5. The fourth-order valence-corrected chi connectivity index (χ4v) is 0.876. The molecule has 1 rings (SSSR count). The lowest BCUT2D eigenvalue weighted by atomic mass is 10.2. The Morgan fingerprint density at radius 3 is 2.25 bits per heavy atom. The van der Waals surface area contributed by atoms with Crippen LogP contribution in [0.3, 0.4) is 0 Å². The highest BCUT2D eigenvalue weighted by Gasteiger charge is 2.35. The molecule has 0 aromatic heterocycles. The van der Waals surface area contributed by atoms with Crippen molar-refractivity contribution in [2.75, 3.05) is 0 Å². The second kappa shape index (κ2) is 2.85. The van der Waals surface area contributed by atoms with Gasteiger partial charge < -0.3 is 5.32 Å². The average molecular weight is 218 g/mol. The van der Waals surface area contributed by atoms with Gasteiger partial charge in [-0.05, 0) is 12.2 Å². The first-order chi connectivity index (χ1) is 5.31. The van der Waals surface area contributed by atoms with Crippen molar-refractivity contribution in [2.45, 2.75) is 10.6 Å². The van der Waals surface area contributed by atoms with E-state index in [-0.39, 0.29) is 0 Å². The minimum atomic E-state index is -4.37. The molecule has 0 bridgehead atoms. The minimum Gasteiger partial charge on any atom is -0.357 e. The first-order valence-corrected chi connectivity index (χ1v) is 3.69. The fourth-order valence-electron chi connectivity index (χ4n) is 0.641. The molecule has 0 aromatic rings. The van der Waals surface area contributed by atoms with E-state index in [0.717, 1.165) is 18.4 Å². The Hall–Kier alpha value is -0.350. The number of hydrogen-bond donors (Lipinski definition) is 1. The van der Waals surface area contributed by atoms with Crippen LogP contribution in [-0.2, 0) is 0 Å². The van der Waals surface area contributed by atoms with E-state index >= 15 is 0 Å². The maximum absolute atomic E-state index is 11.9. The number of alkyl halides is 5. The van der Waals surface area contributed by atoms with Crippen molar-refractivity contribution in [1.82, 2.24) is 5.32 Å². The summed E-state index contributed by atoms with van der Waals surface area (Å²) >= 11 is 10.9. The molecule has 12 heavy (non-hydrogen) atoms. The largest absolute Gasteiger partial charge is 0.417 e. The van der Waals surface area contributed by atoms with E-state index < -0.39 is 16.2 Å². The van der Waals surface area contributed by atoms with Crippen LogP contribution in [0.1, 0.15) is 0 Å². The van der Waals surface area contributed by atoms with Crippen LogP contribution in [0.15, 0.2) is 23.9 Å². The topological polar surface area (TPSA) is 12.0 Å². The third-order valence-electron chi connectivity index (χ3n) is 1.22. The van der Waals surface area contributed by atoms with Gasteiger partial charge in [0.15, 0.2) is 0 Å². The second-order valence-electron chi connectivity index (χ2n) is 2.20. The van der Waals surface area contributed by atoms with E-state index in [1.165, 1.54) is 0 Å². The number of dihydropyridines is 1.